The minimum absolute atomic E-state index is 0.161. The summed E-state index contributed by atoms with van der Waals surface area (Å²) in [6.45, 7) is 27.6. The van der Waals surface area contributed by atoms with Gasteiger partial charge in [0.05, 0.1) is 33.0 Å². The molecule has 1 aliphatic rings. The van der Waals surface area contributed by atoms with Gasteiger partial charge in [-0.3, -0.25) is 4.79 Å². The third kappa shape index (κ3) is 8.59. The van der Waals surface area contributed by atoms with E-state index >= 15 is 0 Å². The van der Waals surface area contributed by atoms with Gasteiger partial charge in [-0.1, -0.05) is 89.2 Å². The van der Waals surface area contributed by atoms with Crippen molar-refractivity contribution in [3.63, 3.8) is 0 Å². The van der Waals surface area contributed by atoms with Crippen molar-refractivity contribution in [2.24, 2.45) is 5.10 Å². The maximum Gasteiger partial charge on any atom is 0.298 e. The third-order valence-corrected chi connectivity index (χ3v) is 8.73. The van der Waals surface area contributed by atoms with E-state index in [0.29, 0.717) is 28.8 Å². The number of amides is 1. The fourth-order valence-electron chi connectivity index (χ4n) is 5.77. The summed E-state index contributed by atoms with van der Waals surface area (Å²) in [5.74, 6) is -0.305. The quantitative estimate of drug-likeness (QED) is 0.142. The zero-order valence-electron chi connectivity index (χ0n) is 30.1. The number of carbonyl (C=O) groups excluding carboxylic acids is 1. The number of hydrogen-bond donors (Lipinski definition) is 3. The van der Waals surface area contributed by atoms with Crippen molar-refractivity contribution < 1.29 is 29.3 Å². The van der Waals surface area contributed by atoms with Crippen LogP contribution in [0.25, 0.3) is 0 Å². The molecule has 250 valence electrons. The summed E-state index contributed by atoms with van der Waals surface area (Å²) >= 11 is 0. The van der Waals surface area contributed by atoms with Gasteiger partial charge in [-0.25, -0.2) is 5.01 Å². The van der Waals surface area contributed by atoms with Gasteiger partial charge in [0.1, 0.15) is 18.8 Å². The number of hydrogen-bond acceptors (Lipinski definition) is 6. The van der Waals surface area contributed by atoms with Crippen LogP contribution in [0.4, 0.5) is 0 Å². The normalized spacial score (nSPS) is 16.3. The van der Waals surface area contributed by atoms with Gasteiger partial charge in [-0.05, 0) is 56.0 Å². The summed E-state index contributed by atoms with van der Waals surface area (Å²) in [6, 6.07) is 5.87. The number of hydrazone groups is 1. The Morgan fingerprint density at radius 2 is 1.20 bits per heavy atom. The summed E-state index contributed by atoms with van der Waals surface area (Å²) in [5.41, 5.74) is 2.88. The Balaban J connectivity index is 2.20. The highest BCUT2D eigenvalue weighted by Gasteiger charge is 2.33. The average Bonchev–Trinajstić information content (AvgIpc) is 2.86. The van der Waals surface area contributed by atoms with Gasteiger partial charge in [0.15, 0.2) is 18.0 Å². The molecule has 3 N–H and O–H groups in total. The zero-order chi connectivity index (χ0) is 34.3. The van der Waals surface area contributed by atoms with E-state index in [9.17, 15) is 20.1 Å². The van der Waals surface area contributed by atoms with E-state index in [1.165, 1.54) is 11.2 Å². The highest BCUT2D eigenvalue weighted by atomic mass is 16.5. The van der Waals surface area contributed by atoms with Crippen molar-refractivity contribution in [3.05, 3.63) is 51.6 Å². The molecule has 0 unspecified atom stereocenters. The van der Waals surface area contributed by atoms with E-state index in [2.05, 4.69) is 48.6 Å². The molecule has 0 atom stereocenters. The van der Waals surface area contributed by atoms with Crippen molar-refractivity contribution in [2.75, 3.05) is 39.9 Å². The molecule has 0 radical (unpaired) electrons. The van der Waals surface area contributed by atoms with Crippen LogP contribution in [0.2, 0.25) is 0 Å². The number of quaternary nitrogens is 1. The molecule has 0 aliphatic carbocycles. The highest BCUT2D eigenvalue weighted by Crippen LogP contribution is 2.44. The van der Waals surface area contributed by atoms with Crippen molar-refractivity contribution in [3.8, 4) is 17.2 Å². The molecule has 1 aliphatic heterocycles. The molecule has 0 saturated carbocycles. The Morgan fingerprint density at radius 1 is 0.756 bits per heavy atom. The number of benzene rings is 2. The molecule has 1 saturated heterocycles. The first-order valence-electron chi connectivity index (χ1n) is 16.1. The fourth-order valence-corrected chi connectivity index (χ4v) is 5.77. The van der Waals surface area contributed by atoms with E-state index in [1.54, 1.807) is 0 Å². The number of aromatic hydroxyl groups is 3. The van der Waals surface area contributed by atoms with Crippen LogP contribution in [0.3, 0.4) is 0 Å². The minimum atomic E-state index is -0.398. The standard InChI is InChI=1S/C37H57N3O5/c1-34(2,3)26-20-29(37(10,11)12)33(44)31(42)25(26)21-38-39(30(41)23-40(13)14-16-45-17-15-40)22-24-18-27(35(4,5)6)32(43)28(19-24)36(7,8)9/h18-21H,14-17,22-23H2,1-13H3,(H2-,38,42,43,44)/p+1. The second-order valence-corrected chi connectivity index (χ2v) is 17.2. The Hall–Kier alpha value is -3.10. The minimum Gasteiger partial charge on any atom is -0.507 e. The van der Waals surface area contributed by atoms with Gasteiger partial charge in [0.2, 0.25) is 0 Å². The second kappa shape index (κ2) is 12.6. The Kier molecular flexibility index (Phi) is 10.2. The predicted molar refractivity (Wildman–Crippen MR) is 182 cm³/mol. The second-order valence-electron chi connectivity index (χ2n) is 17.2. The molecule has 3 rings (SSSR count). The molecular weight excluding hydrogens is 566 g/mol. The van der Waals surface area contributed by atoms with E-state index in [-0.39, 0.29) is 52.5 Å². The first-order valence-corrected chi connectivity index (χ1v) is 16.1. The SMILES string of the molecule is CC(C)(C)c1cc(CN(N=Cc2c(C(C)(C)C)cc(C(C)(C)C)c(O)c2O)C(=O)C[N+]2(C)CCOCC2)cc(C(C)(C)C)c1O. The van der Waals surface area contributed by atoms with Crippen molar-refractivity contribution in [2.45, 2.75) is 111 Å². The van der Waals surface area contributed by atoms with E-state index in [4.69, 9.17) is 9.84 Å². The van der Waals surface area contributed by atoms with Gasteiger partial charge in [-0.2, -0.15) is 5.10 Å². The van der Waals surface area contributed by atoms with Gasteiger partial charge >= 0.3 is 0 Å². The molecule has 45 heavy (non-hydrogen) atoms. The molecule has 2 aromatic carbocycles. The smallest absolute Gasteiger partial charge is 0.298 e. The molecule has 8 heteroatoms. The summed E-state index contributed by atoms with van der Waals surface area (Å²) in [7, 11) is 2.06. The van der Waals surface area contributed by atoms with Crippen LogP contribution in [-0.2, 0) is 37.7 Å². The zero-order valence-corrected chi connectivity index (χ0v) is 30.1. The van der Waals surface area contributed by atoms with Crippen LogP contribution >= 0.6 is 0 Å². The number of morpholine rings is 1. The number of ether oxygens (including phenoxy) is 1. The lowest BCUT2D eigenvalue weighted by Gasteiger charge is -2.37. The maximum atomic E-state index is 14.1. The first kappa shape index (κ1) is 36.4. The van der Waals surface area contributed by atoms with Gasteiger partial charge in [-0.15, -0.1) is 0 Å². The Bertz CT molecular complexity index is 1390. The monoisotopic (exact) mass is 624 g/mol. The summed E-state index contributed by atoms with van der Waals surface area (Å²) in [5, 5.41) is 39.9. The van der Waals surface area contributed by atoms with E-state index in [0.717, 1.165) is 35.3 Å². The Morgan fingerprint density at radius 3 is 1.64 bits per heavy atom. The molecule has 0 bridgehead atoms. The largest absolute Gasteiger partial charge is 0.507 e. The number of carbonyl (C=O) groups is 1. The van der Waals surface area contributed by atoms with Gasteiger partial charge in [0.25, 0.3) is 5.91 Å². The van der Waals surface area contributed by atoms with E-state index < -0.39 is 5.41 Å². The van der Waals surface area contributed by atoms with Crippen molar-refractivity contribution in [1.29, 1.82) is 0 Å². The van der Waals surface area contributed by atoms with Crippen molar-refractivity contribution in [1.82, 2.24) is 5.01 Å². The van der Waals surface area contributed by atoms with Gasteiger partial charge < -0.3 is 24.5 Å². The Labute approximate surface area is 271 Å². The molecular formula is C37H58N3O5+. The number of phenols is 3. The fraction of sp³-hybridized carbons (Fsp3) is 0.622. The average molecular weight is 625 g/mol. The van der Waals surface area contributed by atoms with Crippen LogP contribution in [0.15, 0.2) is 23.3 Å². The third-order valence-electron chi connectivity index (χ3n) is 8.73. The summed E-state index contributed by atoms with van der Waals surface area (Å²) in [4.78, 5) is 14.1. The van der Waals surface area contributed by atoms with Crippen LogP contribution in [-0.4, -0.2) is 76.8 Å². The number of phenolic OH excluding ortho intramolecular Hbond substituents is 3. The lowest BCUT2D eigenvalue weighted by molar-refractivity contribution is -0.909. The van der Waals surface area contributed by atoms with E-state index in [1.807, 2.05) is 59.7 Å². The molecule has 2 aromatic rings. The highest BCUT2D eigenvalue weighted by molar-refractivity contribution is 5.89. The maximum absolute atomic E-state index is 14.1. The number of likely N-dealkylation sites (N-methyl/N-ethyl adjacent to an activating group) is 1. The van der Waals surface area contributed by atoms with Crippen LogP contribution < -0.4 is 0 Å². The van der Waals surface area contributed by atoms with Crippen molar-refractivity contribution >= 4 is 12.1 Å². The van der Waals surface area contributed by atoms with Crippen LogP contribution in [0, 0.1) is 0 Å². The molecule has 0 aromatic heterocycles. The van der Waals surface area contributed by atoms with Crippen LogP contribution in [0.1, 0.15) is 116 Å². The molecule has 1 fully saturated rings. The number of rotatable bonds is 6. The predicted octanol–water partition coefficient (Wildman–Crippen LogP) is 6.83. The summed E-state index contributed by atoms with van der Waals surface area (Å²) < 4.78 is 6.11. The first-order chi connectivity index (χ1) is 20.3. The lowest BCUT2D eigenvalue weighted by Crippen LogP contribution is -2.56. The van der Waals surface area contributed by atoms with Crippen LogP contribution in [0.5, 0.6) is 17.2 Å². The molecule has 8 nitrogen and oxygen atoms in total. The molecule has 1 amide bonds. The molecule has 0 spiro atoms. The van der Waals surface area contributed by atoms with Gasteiger partial charge in [0, 0.05) is 11.1 Å². The topological polar surface area (TPSA) is 103 Å². The molecule has 1 heterocycles. The lowest BCUT2D eigenvalue weighted by atomic mass is 9.77. The summed E-state index contributed by atoms with van der Waals surface area (Å²) in [6.07, 6.45) is 1.51. The number of nitrogens with zero attached hydrogens (tertiary/aromatic N) is 3.